The Bertz CT molecular complexity index is 787. The van der Waals surface area contributed by atoms with Gasteiger partial charge in [0, 0.05) is 6.07 Å². The molecule has 0 aromatic heterocycles. The second-order valence-electron chi connectivity index (χ2n) is 3.87. The Balaban J connectivity index is 3.45. The Morgan fingerprint density at radius 2 is 1.95 bits per heavy atom. The zero-order valence-electron chi connectivity index (χ0n) is 11.4. The molecule has 1 aromatic rings. The minimum Gasteiger partial charge on any atom is -0.490 e. The molecule has 0 radical (unpaired) electrons. The lowest BCUT2D eigenvalue weighted by Gasteiger charge is -2.03. The smallest absolute Gasteiger partial charge is 0.311 e. The molecule has 8 heteroatoms. The molecule has 0 aliphatic rings. The van der Waals surface area contributed by atoms with Gasteiger partial charge in [-0.05, 0) is 17.7 Å². The third-order valence-corrected chi connectivity index (χ3v) is 2.61. The van der Waals surface area contributed by atoms with E-state index in [1.54, 1.807) is 18.2 Å². The van der Waals surface area contributed by atoms with Gasteiger partial charge in [0.1, 0.15) is 18.2 Å². The van der Waals surface area contributed by atoms with E-state index < -0.39 is 10.5 Å². The maximum absolute atomic E-state index is 10.9. The van der Waals surface area contributed by atoms with Gasteiger partial charge >= 0.3 is 5.69 Å². The zero-order chi connectivity index (χ0) is 16.7. The van der Waals surface area contributed by atoms with Crippen LogP contribution in [0.1, 0.15) is 5.56 Å². The summed E-state index contributed by atoms with van der Waals surface area (Å²) < 4.78 is 4.87. The lowest BCUT2D eigenvalue weighted by atomic mass is 10.1. The predicted molar refractivity (Wildman–Crippen MR) is 75.7 cm³/mol. The molecule has 1 aromatic carbocycles. The summed E-state index contributed by atoms with van der Waals surface area (Å²) in [6.45, 7) is 0. The molecule has 0 aliphatic carbocycles. The molecule has 0 saturated carbocycles. The predicted octanol–water partition coefficient (Wildman–Crippen LogP) is 1.77. The number of allylic oxidation sites excluding steroid dienone is 2. The van der Waals surface area contributed by atoms with Gasteiger partial charge in [-0.2, -0.15) is 15.8 Å². The van der Waals surface area contributed by atoms with Gasteiger partial charge in [-0.3, -0.25) is 10.1 Å². The van der Waals surface area contributed by atoms with E-state index in [1.807, 2.05) is 0 Å². The maximum Gasteiger partial charge on any atom is 0.311 e. The zero-order valence-corrected chi connectivity index (χ0v) is 11.4. The minimum atomic E-state index is -0.628. The molecule has 108 valence electrons. The van der Waals surface area contributed by atoms with Gasteiger partial charge in [0.2, 0.25) is 0 Å². The third kappa shape index (κ3) is 3.38. The van der Waals surface area contributed by atoms with Gasteiger partial charge in [0.25, 0.3) is 0 Å². The molecule has 0 unspecified atom stereocenters. The first-order valence-corrected chi connectivity index (χ1v) is 5.73. The molecule has 8 nitrogen and oxygen atoms in total. The fraction of sp³-hybridized carbons (Fsp3) is 0.0714. The highest BCUT2D eigenvalue weighted by molar-refractivity contribution is 5.68. The van der Waals surface area contributed by atoms with Crippen LogP contribution >= 0.6 is 0 Å². The monoisotopic (exact) mass is 295 g/mol. The topological polar surface area (TPSA) is 150 Å². The molecule has 0 spiro atoms. The van der Waals surface area contributed by atoms with Crippen molar-refractivity contribution in [1.82, 2.24) is 0 Å². The standard InChI is InChI=1S/C14H9N5O3/c1-22-13-3-2-9(5-12(13)19(20)21)4-10(6-15)14(18)11(7-16)8-17/h2-5H,18H2,1H3. The summed E-state index contributed by atoms with van der Waals surface area (Å²) >= 11 is 0. The van der Waals surface area contributed by atoms with Crippen molar-refractivity contribution in [2.75, 3.05) is 7.11 Å². The maximum atomic E-state index is 10.9. The summed E-state index contributed by atoms with van der Waals surface area (Å²) in [6.07, 6.45) is 1.25. The fourth-order valence-electron chi connectivity index (χ4n) is 1.56. The number of hydrogen-bond acceptors (Lipinski definition) is 7. The molecule has 0 amide bonds. The van der Waals surface area contributed by atoms with Crippen LogP contribution in [0.4, 0.5) is 5.69 Å². The van der Waals surface area contributed by atoms with Crippen LogP contribution < -0.4 is 10.5 Å². The normalized spacial score (nSPS) is 9.82. The van der Waals surface area contributed by atoms with Gasteiger partial charge in [-0.15, -0.1) is 0 Å². The number of nitrogens with zero attached hydrogens (tertiary/aromatic N) is 4. The second kappa shape index (κ2) is 7.09. The first-order chi connectivity index (χ1) is 10.5. The first kappa shape index (κ1) is 16.2. The van der Waals surface area contributed by atoms with Gasteiger partial charge in [0.15, 0.2) is 11.3 Å². The van der Waals surface area contributed by atoms with E-state index in [0.717, 1.165) is 0 Å². The molecule has 0 fully saturated rings. The van der Waals surface area contributed by atoms with Crippen molar-refractivity contribution in [3.05, 3.63) is 50.7 Å². The van der Waals surface area contributed by atoms with Crippen LogP contribution in [0.2, 0.25) is 0 Å². The quantitative estimate of drug-likeness (QED) is 0.384. The molecule has 22 heavy (non-hydrogen) atoms. The largest absolute Gasteiger partial charge is 0.490 e. The molecule has 2 N–H and O–H groups in total. The van der Waals surface area contributed by atoms with Crippen LogP contribution in [-0.2, 0) is 0 Å². The van der Waals surface area contributed by atoms with Gasteiger partial charge in [0.05, 0.1) is 23.3 Å². The van der Waals surface area contributed by atoms with Crippen LogP contribution in [0.25, 0.3) is 6.08 Å². The van der Waals surface area contributed by atoms with E-state index in [-0.39, 0.29) is 22.7 Å². The molecule has 1 rings (SSSR count). The number of methoxy groups -OCH3 is 1. The van der Waals surface area contributed by atoms with Crippen molar-refractivity contribution in [1.29, 1.82) is 15.8 Å². The number of nitrogens with two attached hydrogens (primary N) is 1. The van der Waals surface area contributed by atoms with Crippen molar-refractivity contribution in [2.45, 2.75) is 0 Å². The van der Waals surface area contributed by atoms with E-state index in [4.69, 9.17) is 26.3 Å². The number of ether oxygens (including phenoxy) is 1. The van der Waals surface area contributed by atoms with Gasteiger partial charge in [-0.25, -0.2) is 0 Å². The van der Waals surface area contributed by atoms with E-state index in [1.165, 1.54) is 31.4 Å². The van der Waals surface area contributed by atoms with Crippen LogP contribution in [0.15, 0.2) is 35.0 Å². The lowest BCUT2D eigenvalue weighted by molar-refractivity contribution is -0.385. The number of nitro benzene ring substituents is 1. The van der Waals surface area contributed by atoms with Crippen molar-refractivity contribution >= 4 is 11.8 Å². The Labute approximate surface area is 125 Å². The summed E-state index contributed by atoms with van der Waals surface area (Å²) in [5, 5.41) is 37.5. The number of nitro groups is 1. The summed E-state index contributed by atoms with van der Waals surface area (Å²) in [5.41, 5.74) is 4.77. The van der Waals surface area contributed by atoms with E-state index in [9.17, 15) is 10.1 Å². The average Bonchev–Trinajstić information content (AvgIpc) is 2.53. The van der Waals surface area contributed by atoms with E-state index in [0.29, 0.717) is 5.56 Å². The Hall–Kier alpha value is -3.83. The Morgan fingerprint density at radius 3 is 2.41 bits per heavy atom. The molecule has 0 bridgehead atoms. The average molecular weight is 295 g/mol. The van der Waals surface area contributed by atoms with Gasteiger partial charge in [-0.1, -0.05) is 6.07 Å². The second-order valence-corrected chi connectivity index (χ2v) is 3.87. The van der Waals surface area contributed by atoms with Crippen molar-refractivity contribution in [3.8, 4) is 24.0 Å². The first-order valence-electron chi connectivity index (χ1n) is 5.73. The SMILES string of the molecule is COc1ccc(C=C(C#N)C(N)=C(C#N)C#N)cc1[N+](=O)[O-]. The highest BCUT2D eigenvalue weighted by Gasteiger charge is 2.15. The van der Waals surface area contributed by atoms with Crippen LogP contribution in [0.5, 0.6) is 5.75 Å². The molecular formula is C14H9N5O3. The summed E-state index contributed by atoms with van der Waals surface area (Å²) in [6, 6.07) is 8.94. The third-order valence-electron chi connectivity index (χ3n) is 2.61. The van der Waals surface area contributed by atoms with Crippen LogP contribution in [-0.4, -0.2) is 12.0 Å². The number of rotatable bonds is 4. The molecular weight excluding hydrogens is 286 g/mol. The number of nitriles is 3. The summed E-state index contributed by atoms with van der Waals surface area (Å²) in [7, 11) is 1.30. The van der Waals surface area contributed by atoms with E-state index in [2.05, 4.69) is 0 Å². The fourth-order valence-corrected chi connectivity index (χ4v) is 1.56. The van der Waals surface area contributed by atoms with Gasteiger partial charge < -0.3 is 10.5 Å². The van der Waals surface area contributed by atoms with Crippen LogP contribution in [0.3, 0.4) is 0 Å². The molecule has 0 heterocycles. The van der Waals surface area contributed by atoms with Crippen molar-refractivity contribution < 1.29 is 9.66 Å². The lowest BCUT2D eigenvalue weighted by Crippen LogP contribution is -2.03. The van der Waals surface area contributed by atoms with E-state index >= 15 is 0 Å². The van der Waals surface area contributed by atoms with Crippen LogP contribution in [0, 0.1) is 44.1 Å². The molecule has 0 atom stereocenters. The number of hydrogen-bond donors (Lipinski definition) is 1. The highest BCUT2D eigenvalue weighted by Crippen LogP contribution is 2.28. The summed E-state index contributed by atoms with van der Waals surface area (Å²) in [4.78, 5) is 10.3. The molecule has 0 aliphatic heterocycles. The highest BCUT2D eigenvalue weighted by atomic mass is 16.6. The Morgan fingerprint density at radius 1 is 1.32 bits per heavy atom. The van der Waals surface area contributed by atoms with Crippen molar-refractivity contribution in [3.63, 3.8) is 0 Å². The van der Waals surface area contributed by atoms with Crippen molar-refractivity contribution in [2.24, 2.45) is 5.73 Å². The summed E-state index contributed by atoms with van der Waals surface area (Å²) in [5.74, 6) is 0.0684. The molecule has 0 saturated heterocycles. The Kier molecular flexibility index (Phi) is 5.23. The number of benzene rings is 1. The minimum absolute atomic E-state index is 0.0684.